The first kappa shape index (κ1) is 53.1. The second-order valence-corrected chi connectivity index (χ2v) is 20.6. The van der Waals surface area contributed by atoms with Crippen LogP contribution in [0.5, 0.6) is 0 Å². The van der Waals surface area contributed by atoms with E-state index in [4.69, 9.17) is 28.4 Å². The Hall–Kier alpha value is -2.89. The lowest BCUT2D eigenvalue weighted by Gasteiger charge is -2.49. The van der Waals surface area contributed by atoms with Crippen molar-refractivity contribution in [3.8, 4) is 0 Å². The maximum atomic E-state index is 14.5. The van der Waals surface area contributed by atoms with Gasteiger partial charge in [-0.25, -0.2) is 0 Å². The third-order valence-corrected chi connectivity index (χ3v) is 15.2. The van der Waals surface area contributed by atoms with Crippen LogP contribution < -0.4 is 0 Å². The van der Waals surface area contributed by atoms with E-state index >= 15 is 0 Å². The van der Waals surface area contributed by atoms with Crippen LogP contribution in [-0.2, 0) is 39.6 Å². The van der Waals surface area contributed by atoms with Crippen molar-refractivity contribution in [3.63, 3.8) is 0 Å². The summed E-state index contributed by atoms with van der Waals surface area (Å²) in [5.74, 6) is -2.74. The Kier molecular flexibility index (Phi) is 17.6. The molecule has 14 nitrogen and oxygen atoms in total. The number of esters is 1. The normalized spacial score (nSPS) is 42.2. The van der Waals surface area contributed by atoms with Crippen LogP contribution in [0.2, 0.25) is 0 Å². The van der Waals surface area contributed by atoms with Crippen molar-refractivity contribution in [2.24, 2.45) is 23.7 Å². The predicted octanol–water partition coefficient (Wildman–Crippen LogP) is 6.34. The van der Waals surface area contributed by atoms with E-state index in [1.165, 1.54) is 14.0 Å². The maximum Gasteiger partial charge on any atom is 0.311 e. The first-order valence-electron chi connectivity index (χ1n) is 23.8. The molecule has 3 aliphatic rings. The number of ether oxygens (including phenoxy) is 6. The molecule has 4 unspecified atom stereocenters. The summed E-state index contributed by atoms with van der Waals surface area (Å²) in [7, 11) is 5.26. The number of cyclic esters (lactones) is 1. The molecule has 0 bridgehead atoms. The molecule has 2 aromatic rings. The zero-order valence-corrected chi connectivity index (χ0v) is 41.5. The minimum absolute atomic E-state index is 0.132. The minimum atomic E-state index is -1.81. The summed E-state index contributed by atoms with van der Waals surface area (Å²) in [4.78, 5) is 18.3. The molecule has 0 aliphatic carbocycles. The fraction of sp³-hybridized carbons (Fsp3) is 0.745. The molecule has 368 valence electrons. The summed E-state index contributed by atoms with van der Waals surface area (Å²) in [6.07, 6.45) is -4.53. The maximum absolute atomic E-state index is 14.5. The second-order valence-electron chi connectivity index (χ2n) is 20.6. The number of fused-ring (bicyclic) bond motifs is 1. The SMILES string of the molecule is CC[C@H]1OC(=O)[C@H](C)[C@@H](OC2C[C@@](C)(OC)[C@@H](O)C(C)O2)[C@H](C)[C@@H](O[C@@H]2O[C@H](C)C[C@H](N(C)/C(O)=C\Cc3cccc4ccccc34)[C@H]2C)[C@](C)(O)C[C@@H](C)CN(C)C(C)C(O)[C@]1(C)O. The Bertz CT molecular complexity index is 1890. The Morgan fingerprint density at radius 1 is 0.923 bits per heavy atom. The molecule has 0 aromatic heterocycles. The van der Waals surface area contributed by atoms with Crippen molar-refractivity contribution >= 4 is 16.7 Å². The van der Waals surface area contributed by atoms with E-state index in [1.807, 2.05) is 82.8 Å². The van der Waals surface area contributed by atoms with Gasteiger partial charge in [-0.2, -0.15) is 0 Å². The third kappa shape index (κ3) is 11.9. The van der Waals surface area contributed by atoms with Crippen molar-refractivity contribution in [2.45, 2.75) is 192 Å². The van der Waals surface area contributed by atoms with Crippen LogP contribution in [0, 0.1) is 23.7 Å². The number of hydrogen-bond acceptors (Lipinski definition) is 14. The number of nitrogens with zero attached hydrogens (tertiary/aromatic N) is 2. The quantitative estimate of drug-likeness (QED) is 0.132. The van der Waals surface area contributed by atoms with Gasteiger partial charge in [0.15, 0.2) is 18.5 Å². The molecule has 0 saturated carbocycles. The van der Waals surface area contributed by atoms with Gasteiger partial charge in [0.2, 0.25) is 0 Å². The molecule has 14 heteroatoms. The molecule has 3 saturated heterocycles. The predicted molar refractivity (Wildman–Crippen MR) is 250 cm³/mol. The standard InChI is InChI=1S/C51H82N2O12/c1-15-40-51(11,59)44(55)34(7)52(12)28-29(2)26-49(9,58)46(32(5)43(33(6)47(57)63-40)64-42-27-50(10,60-14)45(56)35(8)62-42)65-48-31(4)39(25-30(3)61-48)53(13)41(54)24-23-37-21-18-20-36-19-16-17-22-38(36)37/h16-22,24,29-35,39-40,42-46,48,54-56,58-59H,15,23,25-28H2,1-14H3/b41-24+/t29-,30-,31-,32+,33-,34?,35?,39+,40-,42?,43+,44?,45+,46-,48+,49-,50-,51-/m1/s1. The number of hydrogen-bond donors (Lipinski definition) is 5. The minimum Gasteiger partial charge on any atom is -0.495 e. The van der Waals surface area contributed by atoms with Crippen LogP contribution in [-0.4, -0.2) is 153 Å². The van der Waals surface area contributed by atoms with E-state index in [1.54, 1.807) is 34.6 Å². The van der Waals surface area contributed by atoms with Crippen LogP contribution in [0.15, 0.2) is 54.4 Å². The lowest BCUT2D eigenvalue weighted by molar-refractivity contribution is -0.313. The highest BCUT2D eigenvalue weighted by atomic mass is 16.7. The fourth-order valence-electron chi connectivity index (χ4n) is 10.9. The molecule has 2 aromatic carbocycles. The number of methoxy groups -OCH3 is 1. The van der Waals surface area contributed by atoms with Crippen LogP contribution in [0.25, 0.3) is 10.8 Å². The van der Waals surface area contributed by atoms with Gasteiger partial charge in [-0.3, -0.25) is 4.79 Å². The summed E-state index contributed by atoms with van der Waals surface area (Å²) < 4.78 is 38.8. The molecule has 0 spiro atoms. The summed E-state index contributed by atoms with van der Waals surface area (Å²) >= 11 is 0. The molecule has 3 heterocycles. The Morgan fingerprint density at radius 2 is 1.58 bits per heavy atom. The van der Waals surface area contributed by atoms with Gasteiger partial charge in [0.1, 0.15) is 23.9 Å². The number of allylic oxidation sites excluding steroid dienone is 1. The molecule has 3 fully saturated rings. The highest BCUT2D eigenvalue weighted by Gasteiger charge is 2.52. The monoisotopic (exact) mass is 915 g/mol. The van der Waals surface area contributed by atoms with Gasteiger partial charge in [-0.15, -0.1) is 0 Å². The van der Waals surface area contributed by atoms with Crippen molar-refractivity contribution in [1.29, 1.82) is 0 Å². The molecule has 0 amide bonds. The van der Waals surface area contributed by atoms with Crippen LogP contribution in [0.1, 0.15) is 107 Å². The first-order chi connectivity index (χ1) is 30.4. The molecule has 5 rings (SSSR count). The zero-order valence-electron chi connectivity index (χ0n) is 41.5. The van der Waals surface area contributed by atoms with Gasteiger partial charge in [0.05, 0.1) is 41.5 Å². The highest BCUT2D eigenvalue weighted by Crippen LogP contribution is 2.41. The van der Waals surface area contributed by atoms with Gasteiger partial charge in [0.25, 0.3) is 0 Å². The lowest BCUT2D eigenvalue weighted by Crippen LogP contribution is -2.59. The zero-order chi connectivity index (χ0) is 48.3. The van der Waals surface area contributed by atoms with E-state index in [2.05, 4.69) is 24.3 Å². The lowest BCUT2D eigenvalue weighted by atomic mass is 9.77. The second kappa shape index (κ2) is 21.6. The number of carbonyl (C=O) groups excluding carboxylic acids is 1. The third-order valence-electron chi connectivity index (χ3n) is 15.2. The molecule has 65 heavy (non-hydrogen) atoms. The average molecular weight is 915 g/mol. The number of aliphatic hydroxyl groups is 5. The highest BCUT2D eigenvalue weighted by molar-refractivity contribution is 5.85. The van der Waals surface area contributed by atoms with Crippen LogP contribution in [0.4, 0.5) is 0 Å². The van der Waals surface area contributed by atoms with Crippen LogP contribution >= 0.6 is 0 Å². The van der Waals surface area contributed by atoms with Gasteiger partial charge in [-0.1, -0.05) is 70.2 Å². The van der Waals surface area contributed by atoms with E-state index in [9.17, 15) is 30.3 Å². The Morgan fingerprint density at radius 3 is 2.25 bits per heavy atom. The molecule has 3 aliphatic heterocycles. The Balaban J connectivity index is 1.53. The number of benzene rings is 2. The van der Waals surface area contributed by atoms with E-state index in [0.717, 1.165) is 16.3 Å². The molecular formula is C51H82N2O12. The van der Waals surface area contributed by atoms with Gasteiger partial charge in [0, 0.05) is 51.0 Å². The average Bonchev–Trinajstić information content (AvgIpc) is 3.26. The molecular weight excluding hydrogens is 833 g/mol. The van der Waals surface area contributed by atoms with Crippen molar-refractivity contribution in [1.82, 2.24) is 9.80 Å². The smallest absolute Gasteiger partial charge is 0.311 e. The number of carbonyl (C=O) groups is 1. The van der Waals surface area contributed by atoms with Crippen molar-refractivity contribution < 1.29 is 58.7 Å². The van der Waals surface area contributed by atoms with E-state index in [0.29, 0.717) is 19.4 Å². The number of aliphatic hydroxyl groups excluding tert-OH is 3. The largest absolute Gasteiger partial charge is 0.495 e. The van der Waals surface area contributed by atoms with Gasteiger partial charge in [-0.05, 0) is 110 Å². The summed E-state index contributed by atoms with van der Waals surface area (Å²) in [6, 6.07) is 13.6. The number of rotatable bonds is 10. The molecule has 5 N–H and O–H groups in total. The summed E-state index contributed by atoms with van der Waals surface area (Å²) in [5.41, 5.74) is -3.29. The van der Waals surface area contributed by atoms with Gasteiger partial charge < -0.3 is 63.8 Å². The van der Waals surface area contributed by atoms with Gasteiger partial charge >= 0.3 is 5.97 Å². The summed E-state index contributed by atoms with van der Waals surface area (Å²) in [6.45, 7) is 20.4. The van der Waals surface area contributed by atoms with Crippen LogP contribution in [0.3, 0.4) is 0 Å². The van der Waals surface area contributed by atoms with Crippen molar-refractivity contribution in [2.75, 3.05) is 27.7 Å². The van der Waals surface area contributed by atoms with Crippen molar-refractivity contribution in [3.05, 3.63) is 60.0 Å². The summed E-state index contributed by atoms with van der Waals surface area (Å²) in [5, 5.41) is 61.3. The molecule has 18 atom stereocenters. The number of likely N-dealkylation sites (N-methyl/N-ethyl adjacent to an activating group) is 1. The fourth-order valence-corrected chi connectivity index (χ4v) is 10.9. The topological polar surface area (TPSA) is 180 Å². The first-order valence-corrected chi connectivity index (χ1v) is 23.8. The van der Waals surface area contributed by atoms with E-state index < -0.39 is 89.9 Å². The van der Waals surface area contributed by atoms with E-state index in [-0.39, 0.29) is 49.1 Å². The molecule has 0 radical (unpaired) electrons. The Labute approximate surface area is 388 Å².